The van der Waals surface area contributed by atoms with Crippen molar-refractivity contribution < 1.29 is 23.1 Å². The highest BCUT2D eigenvalue weighted by molar-refractivity contribution is 9.10. The zero-order valence-corrected chi connectivity index (χ0v) is 11.5. The lowest BCUT2D eigenvalue weighted by molar-refractivity contribution is -0.162. The van der Waals surface area contributed by atoms with Gasteiger partial charge in [-0.2, -0.15) is 13.2 Å². The van der Waals surface area contributed by atoms with E-state index < -0.39 is 24.5 Å². The first-order valence-corrected chi connectivity index (χ1v) is 5.98. The second-order valence-corrected chi connectivity index (χ2v) is 4.76. The maximum absolute atomic E-state index is 12.7. The summed E-state index contributed by atoms with van der Waals surface area (Å²) in [4.78, 5) is 0. The van der Waals surface area contributed by atoms with Crippen molar-refractivity contribution in [2.24, 2.45) is 16.8 Å². The van der Waals surface area contributed by atoms with Crippen molar-refractivity contribution in [1.82, 2.24) is 0 Å². The molecule has 0 saturated heterocycles. The fraction of sp³-hybridized carbons (Fsp3) is 0.364. The lowest BCUT2D eigenvalue weighted by Gasteiger charge is -2.20. The van der Waals surface area contributed by atoms with Crippen LogP contribution in [0.3, 0.4) is 0 Å². The zero-order valence-electron chi connectivity index (χ0n) is 9.91. The van der Waals surface area contributed by atoms with Gasteiger partial charge < -0.3 is 15.7 Å². The highest BCUT2D eigenvalue weighted by Gasteiger charge is 2.43. The summed E-state index contributed by atoms with van der Waals surface area (Å²) in [5.41, 5.74) is 5.71. The SMILES string of the molecule is Cc1ccc(Br)cc1OCC(/C(N)=N/O)C(F)(F)F. The number of aryl methyl sites for hydroxylation is 1. The molecule has 0 fully saturated rings. The molecule has 0 aromatic heterocycles. The Balaban J connectivity index is 2.85. The van der Waals surface area contributed by atoms with Crippen LogP contribution in [0.5, 0.6) is 5.75 Å². The Labute approximate surface area is 116 Å². The number of nitrogens with two attached hydrogens (primary N) is 1. The van der Waals surface area contributed by atoms with E-state index in [0.29, 0.717) is 15.8 Å². The molecule has 8 heteroatoms. The van der Waals surface area contributed by atoms with Crippen LogP contribution in [-0.4, -0.2) is 23.8 Å². The number of nitrogens with zero attached hydrogens (tertiary/aromatic N) is 1. The molecule has 0 aliphatic rings. The van der Waals surface area contributed by atoms with Crippen LogP contribution in [0.25, 0.3) is 0 Å². The second-order valence-electron chi connectivity index (χ2n) is 3.84. The van der Waals surface area contributed by atoms with Gasteiger partial charge in [0.25, 0.3) is 0 Å². The summed E-state index contributed by atoms with van der Waals surface area (Å²) < 4.78 is 43.8. The molecule has 1 atom stereocenters. The molecular weight excluding hydrogens is 329 g/mol. The molecule has 0 radical (unpaired) electrons. The van der Waals surface area contributed by atoms with Crippen LogP contribution in [0, 0.1) is 12.8 Å². The maximum atomic E-state index is 12.7. The van der Waals surface area contributed by atoms with Crippen LogP contribution in [0.2, 0.25) is 0 Å². The van der Waals surface area contributed by atoms with Crippen LogP contribution in [0.1, 0.15) is 5.56 Å². The number of benzene rings is 1. The lowest BCUT2D eigenvalue weighted by Crippen LogP contribution is -2.40. The normalized spacial score (nSPS) is 14.3. The van der Waals surface area contributed by atoms with Crippen LogP contribution < -0.4 is 10.5 Å². The van der Waals surface area contributed by atoms with Crippen molar-refractivity contribution >= 4 is 21.8 Å². The molecule has 19 heavy (non-hydrogen) atoms. The highest BCUT2D eigenvalue weighted by atomic mass is 79.9. The number of halogens is 4. The van der Waals surface area contributed by atoms with Gasteiger partial charge in [-0.05, 0) is 24.6 Å². The standard InChI is InChI=1S/C11H12BrF3N2O2/c1-6-2-3-7(12)4-9(6)19-5-8(10(16)17-18)11(13,14)15/h2-4,8,18H,5H2,1H3,(H2,16,17). The van der Waals surface area contributed by atoms with Gasteiger partial charge in [-0.1, -0.05) is 27.2 Å². The van der Waals surface area contributed by atoms with Crippen molar-refractivity contribution in [1.29, 1.82) is 0 Å². The molecule has 0 spiro atoms. The quantitative estimate of drug-likeness (QED) is 0.383. The van der Waals surface area contributed by atoms with Crippen LogP contribution >= 0.6 is 15.9 Å². The number of amidine groups is 1. The molecule has 0 heterocycles. The van der Waals surface area contributed by atoms with Gasteiger partial charge in [0, 0.05) is 4.47 Å². The Morgan fingerprint density at radius 3 is 2.68 bits per heavy atom. The van der Waals surface area contributed by atoms with Gasteiger partial charge in [0.15, 0.2) is 5.84 Å². The van der Waals surface area contributed by atoms with E-state index in [0.717, 1.165) is 0 Å². The summed E-state index contributed by atoms with van der Waals surface area (Å²) in [6, 6.07) is 4.99. The summed E-state index contributed by atoms with van der Waals surface area (Å²) in [6.07, 6.45) is -4.64. The molecule has 0 aliphatic carbocycles. The van der Waals surface area contributed by atoms with Crippen LogP contribution in [0.4, 0.5) is 13.2 Å². The first-order chi connectivity index (χ1) is 8.75. The number of oxime groups is 1. The molecule has 0 aliphatic heterocycles. The van der Waals surface area contributed by atoms with Gasteiger partial charge >= 0.3 is 6.18 Å². The predicted octanol–water partition coefficient (Wildman–Crippen LogP) is 3.06. The first-order valence-electron chi connectivity index (χ1n) is 5.18. The molecule has 106 valence electrons. The van der Waals surface area contributed by atoms with Crippen molar-refractivity contribution in [2.45, 2.75) is 13.1 Å². The molecule has 3 N–H and O–H groups in total. The smallest absolute Gasteiger partial charge is 0.402 e. The summed E-state index contributed by atoms with van der Waals surface area (Å²) in [5.74, 6) is -2.79. The third-order valence-electron chi connectivity index (χ3n) is 2.42. The van der Waals surface area contributed by atoms with E-state index in [1.807, 2.05) is 0 Å². The van der Waals surface area contributed by atoms with E-state index >= 15 is 0 Å². The van der Waals surface area contributed by atoms with E-state index in [1.165, 1.54) is 0 Å². The molecule has 1 rings (SSSR count). The molecule has 0 saturated carbocycles. The monoisotopic (exact) mass is 340 g/mol. The van der Waals surface area contributed by atoms with Crippen molar-refractivity contribution in [3.8, 4) is 5.75 Å². The van der Waals surface area contributed by atoms with E-state index in [2.05, 4.69) is 21.1 Å². The third-order valence-corrected chi connectivity index (χ3v) is 2.92. The Morgan fingerprint density at radius 1 is 1.53 bits per heavy atom. The largest absolute Gasteiger partial charge is 0.492 e. The molecule has 0 amide bonds. The number of rotatable bonds is 4. The second kappa shape index (κ2) is 6.14. The Bertz CT molecular complexity index is 477. The van der Waals surface area contributed by atoms with Gasteiger partial charge in [-0.15, -0.1) is 0 Å². The van der Waals surface area contributed by atoms with Crippen molar-refractivity contribution in [3.05, 3.63) is 28.2 Å². The van der Waals surface area contributed by atoms with Crippen molar-refractivity contribution in [3.63, 3.8) is 0 Å². The fourth-order valence-corrected chi connectivity index (χ4v) is 1.66. The van der Waals surface area contributed by atoms with E-state index in [9.17, 15) is 13.2 Å². The Kier molecular flexibility index (Phi) is 5.04. The first kappa shape index (κ1) is 15.6. The van der Waals surface area contributed by atoms with Gasteiger partial charge in [-0.3, -0.25) is 0 Å². The number of ether oxygens (including phenoxy) is 1. The molecular formula is C11H12BrF3N2O2. The zero-order chi connectivity index (χ0) is 14.6. The van der Waals surface area contributed by atoms with Gasteiger partial charge in [0.05, 0.1) is 0 Å². The van der Waals surface area contributed by atoms with Crippen molar-refractivity contribution in [2.75, 3.05) is 6.61 Å². The predicted molar refractivity (Wildman–Crippen MR) is 67.3 cm³/mol. The van der Waals surface area contributed by atoms with Gasteiger partial charge in [0.1, 0.15) is 18.3 Å². The van der Waals surface area contributed by atoms with Gasteiger partial charge in [0.2, 0.25) is 0 Å². The Morgan fingerprint density at radius 2 is 2.16 bits per heavy atom. The fourth-order valence-electron chi connectivity index (χ4n) is 1.32. The number of alkyl halides is 3. The van der Waals surface area contributed by atoms with E-state index in [1.54, 1.807) is 25.1 Å². The average molecular weight is 341 g/mol. The average Bonchev–Trinajstić information content (AvgIpc) is 2.31. The third kappa shape index (κ3) is 4.30. The van der Waals surface area contributed by atoms with Crippen LogP contribution in [-0.2, 0) is 0 Å². The minimum absolute atomic E-state index is 0.300. The molecule has 0 bridgehead atoms. The summed E-state index contributed by atoms with van der Waals surface area (Å²) >= 11 is 3.19. The summed E-state index contributed by atoms with van der Waals surface area (Å²) in [5, 5.41) is 10.8. The summed E-state index contributed by atoms with van der Waals surface area (Å²) in [6.45, 7) is 0.949. The molecule has 1 aromatic carbocycles. The van der Waals surface area contributed by atoms with Crippen LogP contribution in [0.15, 0.2) is 27.8 Å². The topological polar surface area (TPSA) is 67.8 Å². The lowest BCUT2D eigenvalue weighted by atomic mass is 10.1. The number of hydrogen-bond acceptors (Lipinski definition) is 3. The minimum Gasteiger partial charge on any atom is -0.492 e. The van der Waals surface area contributed by atoms with E-state index in [-0.39, 0.29) is 0 Å². The number of hydrogen-bond donors (Lipinski definition) is 2. The highest BCUT2D eigenvalue weighted by Crippen LogP contribution is 2.29. The molecule has 1 aromatic rings. The molecule has 4 nitrogen and oxygen atoms in total. The Hall–Kier alpha value is -1.44. The molecule has 1 unspecified atom stereocenters. The van der Waals surface area contributed by atoms with Gasteiger partial charge in [-0.25, -0.2) is 0 Å². The maximum Gasteiger partial charge on any atom is 0.402 e. The minimum atomic E-state index is -4.64. The van der Waals surface area contributed by atoms with E-state index in [4.69, 9.17) is 15.7 Å². The summed E-state index contributed by atoms with van der Waals surface area (Å²) in [7, 11) is 0.